The van der Waals surface area contributed by atoms with Gasteiger partial charge < -0.3 is 4.42 Å². The molecule has 0 amide bonds. The second-order valence-corrected chi connectivity index (χ2v) is 5.41. The Bertz CT molecular complexity index is 1180. The van der Waals surface area contributed by atoms with Crippen LogP contribution in [-0.4, -0.2) is 15.0 Å². The molecule has 0 saturated carbocycles. The lowest BCUT2D eigenvalue weighted by Gasteiger charge is -2.04. The molecule has 2 aromatic carbocycles. The number of pyridine rings is 1. The summed E-state index contributed by atoms with van der Waals surface area (Å²) in [5.41, 5.74) is 4.01. The van der Waals surface area contributed by atoms with Gasteiger partial charge in [0.2, 0.25) is 5.71 Å². The van der Waals surface area contributed by atoms with Gasteiger partial charge in [0.05, 0.1) is 11.1 Å². The van der Waals surface area contributed by atoms with E-state index in [1.807, 2.05) is 36.5 Å². The fraction of sp³-hybridized carbons (Fsp3) is 0. The number of fused-ring (bicyclic) bond motifs is 4. The number of nitrogens with zero attached hydrogens (tertiary/aromatic N) is 3. The Morgan fingerprint density at radius 3 is 2.61 bits per heavy atom. The van der Waals surface area contributed by atoms with Crippen LogP contribution in [0.4, 0.5) is 0 Å². The first-order valence-corrected chi connectivity index (χ1v) is 7.37. The first kappa shape index (κ1) is 12.3. The Morgan fingerprint density at radius 1 is 0.783 bits per heavy atom. The highest BCUT2D eigenvalue weighted by Crippen LogP contribution is 2.34. The van der Waals surface area contributed by atoms with Crippen molar-refractivity contribution in [3.05, 3.63) is 67.1 Å². The van der Waals surface area contributed by atoms with Crippen LogP contribution in [0.5, 0.6) is 0 Å². The first-order chi connectivity index (χ1) is 11.4. The third-order valence-electron chi connectivity index (χ3n) is 4.04. The summed E-state index contributed by atoms with van der Waals surface area (Å²) in [7, 11) is 0. The van der Waals surface area contributed by atoms with Crippen LogP contribution >= 0.6 is 0 Å². The van der Waals surface area contributed by atoms with Gasteiger partial charge in [-0.3, -0.25) is 4.98 Å². The summed E-state index contributed by atoms with van der Waals surface area (Å²) >= 11 is 0. The Morgan fingerprint density at radius 2 is 1.65 bits per heavy atom. The second kappa shape index (κ2) is 4.61. The van der Waals surface area contributed by atoms with Crippen molar-refractivity contribution in [1.82, 2.24) is 15.0 Å². The molecule has 0 bridgehead atoms. The molecule has 0 fully saturated rings. The van der Waals surface area contributed by atoms with Crippen molar-refractivity contribution in [3.63, 3.8) is 0 Å². The molecule has 0 aliphatic rings. The third-order valence-corrected chi connectivity index (χ3v) is 4.04. The molecule has 0 N–H and O–H groups in total. The number of hydrogen-bond acceptors (Lipinski definition) is 4. The molecule has 23 heavy (non-hydrogen) atoms. The normalized spacial score (nSPS) is 11.5. The largest absolute Gasteiger partial charge is 0.436 e. The molecular formula is C19H11N3O. The molecule has 0 unspecified atom stereocenters. The SMILES string of the molecule is c1ccc2cc(-c3cccc4oc5nccnc5c34)ncc2c1. The van der Waals surface area contributed by atoms with Gasteiger partial charge in [-0.1, -0.05) is 36.4 Å². The van der Waals surface area contributed by atoms with Crippen LogP contribution in [0.2, 0.25) is 0 Å². The first-order valence-electron chi connectivity index (χ1n) is 7.37. The number of benzene rings is 2. The van der Waals surface area contributed by atoms with Crippen LogP contribution < -0.4 is 0 Å². The fourth-order valence-corrected chi connectivity index (χ4v) is 2.98. The van der Waals surface area contributed by atoms with Crippen molar-refractivity contribution in [2.75, 3.05) is 0 Å². The van der Waals surface area contributed by atoms with Crippen molar-refractivity contribution >= 4 is 33.0 Å². The fourth-order valence-electron chi connectivity index (χ4n) is 2.98. The van der Waals surface area contributed by atoms with E-state index >= 15 is 0 Å². The van der Waals surface area contributed by atoms with E-state index in [0.717, 1.165) is 38.5 Å². The highest BCUT2D eigenvalue weighted by molar-refractivity contribution is 6.09. The van der Waals surface area contributed by atoms with Gasteiger partial charge in [0.1, 0.15) is 11.1 Å². The van der Waals surface area contributed by atoms with Crippen LogP contribution in [-0.2, 0) is 0 Å². The molecule has 0 spiro atoms. The van der Waals surface area contributed by atoms with Crippen molar-refractivity contribution < 1.29 is 4.42 Å². The van der Waals surface area contributed by atoms with Crippen LogP contribution in [0, 0.1) is 0 Å². The quantitative estimate of drug-likeness (QED) is 0.454. The smallest absolute Gasteiger partial charge is 0.246 e. The summed E-state index contributed by atoms with van der Waals surface area (Å²) in [6.45, 7) is 0. The molecule has 5 aromatic rings. The predicted molar refractivity (Wildman–Crippen MR) is 90.0 cm³/mol. The molecule has 4 heteroatoms. The minimum absolute atomic E-state index is 0.552. The van der Waals surface area contributed by atoms with E-state index in [4.69, 9.17) is 4.42 Å². The van der Waals surface area contributed by atoms with Crippen LogP contribution in [0.1, 0.15) is 0 Å². The van der Waals surface area contributed by atoms with Crippen molar-refractivity contribution in [1.29, 1.82) is 0 Å². The molecule has 3 aromatic heterocycles. The van der Waals surface area contributed by atoms with Crippen molar-refractivity contribution in [2.24, 2.45) is 0 Å². The monoisotopic (exact) mass is 297 g/mol. The van der Waals surface area contributed by atoms with Crippen molar-refractivity contribution in [2.45, 2.75) is 0 Å². The van der Waals surface area contributed by atoms with E-state index in [1.165, 1.54) is 0 Å². The van der Waals surface area contributed by atoms with E-state index in [1.54, 1.807) is 12.4 Å². The van der Waals surface area contributed by atoms with Crippen LogP contribution in [0.3, 0.4) is 0 Å². The summed E-state index contributed by atoms with van der Waals surface area (Å²) in [6, 6.07) is 16.2. The van der Waals surface area contributed by atoms with Gasteiger partial charge in [-0.25, -0.2) is 9.97 Å². The lowest BCUT2D eigenvalue weighted by molar-refractivity contribution is 0.653. The van der Waals surface area contributed by atoms with Crippen LogP contribution in [0.25, 0.3) is 44.2 Å². The summed E-state index contributed by atoms with van der Waals surface area (Å²) in [6.07, 6.45) is 5.22. The highest BCUT2D eigenvalue weighted by atomic mass is 16.3. The topological polar surface area (TPSA) is 51.8 Å². The molecule has 0 radical (unpaired) electrons. The summed E-state index contributed by atoms with van der Waals surface area (Å²) < 4.78 is 5.80. The van der Waals surface area contributed by atoms with Crippen molar-refractivity contribution in [3.8, 4) is 11.3 Å². The summed E-state index contributed by atoms with van der Waals surface area (Å²) in [4.78, 5) is 13.3. The molecule has 4 nitrogen and oxygen atoms in total. The van der Waals surface area contributed by atoms with Gasteiger partial charge in [-0.2, -0.15) is 0 Å². The number of furan rings is 1. The average Bonchev–Trinajstić information content (AvgIpc) is 3.00. The molecule has 108 valence electrons. The Labute approximate surface area is 131 Å². The molecule has 3 heterocycles. The number of aromatic nitrogens is 3. The lowest BCUT2D eigenvalue weighted by Crippen LogP contribution is -1.86. The maximum Gasteiger partial charge on any atom is 0.246 e. The van der Waals surface area contributed by atoms with Crippen LogP contribution in [0.15, 0.2) is 71.5 Å². The molecule has 0 aliphatic heterocycles. The Balaban J connectivity index is 1.87. The predicted octanol–water partition coefficient (Wildman–Crippen LogP) is 4.59. The Hall–Kier alpha value is -3.27. The van der Waals surface area contributed by atoms with E-state index in [9.17, 15) is 0 Å². The summed E-state index contributed by atoms with van der Waals surface area (Å²) in [5, 5.41) is 3.24. The molecule has 5 rings (SSSR count). The molecule has 0 aliphatic carbocycles. The standard InChI is InChI=1S/C19H11N3O/c1-2-5-13-11-22-15(10-12(13)4-1)14-6-3-7-16-17(14)18-19(23-16)21-9-8-20-18/h1-11H. The lowest BCUT2D eigenvalue weighted by atomic mass is 10.0. The zero-order valence-electron chi connectivity index (χ0n) is 12.1. The number of rotatable bonds is 1. The molecule has 0 saturated heterocycles. The maximum atomic E-state index is 5.80. The van der Waals surface area contributed by atoms with Gasteiger partial charge in [0.15, 0.2) is 0 Å². The van der Waals surface area contributed by atoms with Gasteiger partial charge >= 0.3 is 0 Å². The molecular weight excluding hydrogens is 286 g/mol. The second-order valence-electron chi connectivity index (χ2n) is 5.41. The van der Waals surface area contributed by atoms with E-state index in [2.05, 4.69) is 33.2 Å². The van der Waals surface area contributed by atoms with Gasteiger partial charge in [-0.05, 0) is 17.5 Å². The zero-order valence-corrected chi connectivity index (χ0v) is 12.1. The zero-order chi connectivity index (χ0) is 15.2. The highest BCUT2D eigenvalue weighted by Gasteiger charge is 2.14. The van der Waals surface area contributed by atoms with Gasteiger partial charge in [-0.15, -0.1) is 0 Å². The summed E-state index contributed by atoms with van der Waals surface area (Å²) in [5.74, 6) is 0. The van der Waals surface area contributed by atoms with E-state index < -0.39 is 0 Å². The maximum absolute atomic E-state index is 5.80. The minimum Gasteiger partial charge on any atom is -0.436 e. The minimum atomic E-state index is 0.552. The number of hydrogen-bond donors (Lipinski definition) is 0. The average molecular weight is 297 g/mol. The van der Waals surface area contributed by atoms with Gasteiger partial charge in [0, 0.05) is 29.5 Å². The third kappa shape index (κ3) is 1.82. The molecule has 0 atom stereocenters. The van der Waals surface area contributed by atoms with E-state index in [-0.39, 0.29) is 0 Å². The van der Waals surface area contributed by atoms with Gasteiger partial charge in [0.25, 0.3) is 0 Å². The Kier molecular flexibility index (Phi) is 2.46. The van der Waals surface area contributed by atoms with E-state index in [0.29, 0.717) is 5.71 Å².